The molecule has 6 heteroatoms. The Morgan fingerprint density at radius 3 is 2.83 bits per heavy atom. The molecule has 1 aromatic rings. The van der Waals surface area contributed by atoms with Crippen LogP contribution in [-0.2, 0) is 16.1 Å². The van der Waals surface area contributed by atoms with Crippen LogP contribution in [0.3, 0.4) is 0 Å². The normalized spacial score (nSPS) is 10.3. The minimum absolute atomic E-state index is 0.0332. The molecule has 1 heterocycles. The van der Waals surface area contributed by atoms with E-state index >= 15 is 0 Å². The summed E-state index contributed by atoms with van der Waals surface area (Å²) in [4.78, 5) is 19.1. The summed E-state index contributed by atoms with van der Waals surface area (Å²) in [6.07, 6.45) is 3.26. The molecule has 0 amide bonds. The van der Waals surface area contributed by atoms with Crippen molar-refractivity contribution in [1.29, 1.82) is 0 Å². The Bertz CT molecular complexity index is 396. The average Bonchev–Trinajstić information content (AvgIpc) is 2.35. The van der Waals surface area contributed by atoms with Crippen LogP contribution in [0.2, 0.25) is 0 Å². The second kappa shape index (κ2) is 7.60. The Kier molecular flexibility index (Phi) is 6.07. The summed E-state index contributed by atoms with van der Waals surface area (Å²) >= 11 is 0. The molecule has 0 bridgehead atoms. The summed E-state index contributed by atoms with van der Waals surface area (Å²) in [7, 11) is 0. The predicted octanol–water partition coefficient (Wildman–Crippen LogP) is 1.68. The number of unbranched alkanes of at least 4 members (excludes halogenated alkanes) is 1. The van der Waals surface area contributed by atoms with Crippen molar-refractivity contribution in [2.24, 2.45) is 0 Å². The van der Waals surface area contributed by atoms with E-state index in [-0.39, 0.29) is 24.7 Å². The first-order valence-corrected chi connectivity index (χ1v) is 5.98. The maximum Gasteiger partial charge on any atom is 0.345 e. The number of carbonyl (C=O) groups excluding carboxylic acids is 1. The van der Waals surface area contributed by atoms with Crippen LogP contribution in [0.5, 0.6) is 5.88 Å². The number of aromatic nitrogens is 2. The van der Waals surface area contributed by atoms with E-state index in [1.807, 2.05) is 0 Å². The lowest BCUT2D eigenvalue weighted by molar-refractivity contribution is 0.0520. The second-order valence-corrected chi connectivity index (χ2v) is 3.65. The number of hydrogen-bond donors (Lipinski definition) is 1. The van der Waals surface area contributed by atoms with E-state index in [1.54, 1.807) is 6.92 Å². The van der Waals surface area contributed by atoms with Gasteiger partial charge in [0.05, 0.1) is 6.61 Å². The molecule has 1 rings (SSSR count). The van der Waals surface area contributed by atoms with E-state index in [9.17, 15) is 9.90 Å². The zero-order valence-electron chi connectivity index (χ0n) is 10.7. The molecule has 0 spiro atoms. The van der Waals surface area contributed by atoms with Gasteiger partial charge < -0.3 is 14.6 Å². The molecule has 6 nitrogen and oxygen atoms in total. The lowest BCUT2D eigenvalue weighted by Gasteiger charge is -2.05. The summed E-state index contributed by atoms with van der Waals surface area (Å²) in [5.74, 6) is -0.664. The number of ether oxygens (including phenoxy) is 2. The van der Waals surface area contributed by atoms with Crippen LogP contribution in [0.4, 0.5) is 0 Å². The van der Waals surface area contributed by atoms with E-state index < -0.39 is 5.97 Å². The second-order valence-electron chi connectivity index (χ2n) is 3.65. The van der Waals surface area contributed by atoms with Gasteiger partial charge in [0.2, 0.25) is 5.88 Å². The van der Waals surface area contributed by atoms with E-state index in [1.165, 1.54) is 6.20 Å². The third kappa shape index (κ3) is 4.29. The summed E-state index contributed by atoms with van der Waals surface area (Å²) in [5, 5.41) is 9.58. The molecular weight excluding hydrogens is 236 g/mol. The van der Waals surface area contributed by atoms with Crippen molar-refractivity contribution in [2.75, 3.05) is 13.2 Å². The summed E-state index contributed by atoms with van der Waals surface area (Å²) < 4.78 is 10.1. The number of nitrogens with zero attached hydrogens (tertiary/aromatic N) is 2. The highest BCUT2D eigenvalue weighted by atomic mass is 16.5. The van der Waals surface area contributed by atoms with Gasteiger partial charge in [-0.15, -0.1) is 0 Å². The van der Waals surface area contributed by atoms with Gasteiger partial charge in [0.1, 0.15) is 12.2 Å². The van der Waals surface area contributed by atoms with Crippen molar-refractivity contribution in [1.82, 2.24) is 9.97 Å². The maximum atomic E-state index is 11.4. The quantitative estimate of drug-likeness (QED) is 0.589. The molecule has 0 saturated carbocycles. The first-order valence-electron chi connectivity index (χ1n) is 5.98. The summed E-state index contributed by atoms with van der Waals surface area (Å²) in [6, 6.07) is 0. The van der Waals surface area contributed by atoms with Gasteiger partial charge in [0, 0.05) is 12.8 Å². The van der Waals surface area contributed by atoms with Gasteiger partial charge in [-0.3, -0.25) is 0 Å². The van der Waals surface area contributed by atoms with Gasteiger partial charge in [-0.05, 0) is 13.3 Å². The van der Waals surface area contributed by atoms with Gasteiger partial charge in [0.25, 0.3) is 0 Å². The monoisotopic (exact) mass is 254 g/mol. The lowest BCUT2D eigenvalue weighted by Crippen LogP contribution is -2.08. The minimum atomic E-state index is -0.631. The average molecular weight is 254 g/mol. The first-order chi connectivity index (χ1) is 8.69. The lowest BCUT2D eigenvalue weighted by atomic mass is 10.3. The highest BCUT2D eigenvalue weighted by Gasteiger charge is 2.14. The van der Waals surface area contributed by atoms with E-state index in [4.69, 9.17) is 9.47 Å². The standard InChI is InChI=1S/C12H18N2O4/c1-3-5-6-17-8-10-13-7-9(11(15)14-10)12(16)18-4-2/h7H,3-6,8H2,1-2H3,(H,13,14,15). The van der Waals surface area contributed by atoms with Gasteiger partial charge in [-0.25, -0.2) is 9.78 Å². The summed E-state index contributed by atoms with van der Waals surface area (Å²) in [6.45, 7) is 4.84. The Morgan fingerprint density at radius 1 is 1.44 bits per heavy atom. The van der Waals surface area contributed by atoms with Crippen LogP contribution in [0.25, 0.3) is 0 Å². The van der Waals surface area contributed by atoms with Gasteiger partial charge in [0.15, 0.2) is 5.82 Å². The minimum Gasteiger partial charge on any atom is -0.493 e. The molecule has 0 atom stereocenters. The van der Waals surface area contributed by atoms with Gasteiger partial charge >= 0.3 is 5.97 Å². The fraction of sp³-hybridized carbons (Fsp3) is 0.583. The molecular formula is C12H18N2O4. The number of aromatic hydroxyl groups is 1. The SMILES string of the molecule is CCCCOCc1ncc(C(=O)OCC)c(O)n1. The third-order valence-corrected chi connectivity index (χ3v) is 2.19. The van der Waals surface area contributed by atoms with Crippen LogP contribution >= 0.6 is 0 Å². The molecule has 0 unspecified atom stereocenters. The Labute approximate surface area is 106 Å². The topological polar surface area (TPSA) is 81.5 Å². The van der Waals surface area contributed by atoms with Crippen LogP contribution in [-0.4, -0.2) is 34.3 Å². The molecule has 0 saturated heterocycles. The number of rotatable bonds is 7. The number of carbonyl (C=O) groups is 1. The van der Waals surface area contributed by atoms with Crippen molar-refractivity contribution in [3.05, 3.63) is 17.6 Å². The van der Waals surface area contributed by atoms with Crippen LogP contribution in [0.1, 0.15) is 42.9 Å². The molecule has 1 aromatic heterocycles. The predicted molar refractivity (Wildman–Crippen MR) is 64.2 cm³/mol. The van der Waals surface area contributed by atoms with Crippen molar-refractivity contribution in [2.45, 2.75) is 33.3 Å². The zero-order chi connectivity index (χ0) is 13.4. The molecule has 100 valence electrons. The summed E-state index contributed by atoms with van der Waals surface area (Å²) in [5.41, 5.74) is -0.0332. The third-order valence-electron chi connectivity index (χ3n) is 2.19. The number of esters is 1. The van der Waals surface area contributed by atoms with Gasteiger partial charge in [-0.2, -0.15) is 4.98 Å². The molecule has 0 aliphatic heterocycles. The Morgan fingerprint density at radius 2 is 2.22 bits per heavy atom. The Balaban J connectivity index is 2.59. The molecule has 0 radical (unpaired) electrons. The smallest absolute Gasteiger partial charge is 0.345 e. The molecule has 0 aliphatic rings. The van der Waals surface area contributed by atoms with Gasteiger partial charge in [-0.1, -0.05) is 13.3 Å². The first kappa shape index (κ1) is 14.4. The van der Waals surface area contributed by atoms with E-state index in [2.05, 4.69) is 16.9 Å². The number of hydrogen-bond acceptors (Lipinski definition) is 6. The van der Waals surface area contributed by atoms with Crippen molar-refractivity contribution < 1.29 is 19.4 Å². The fourth-order valence-corrected chi connectivity index (χ4v) is 1.24. The largest absolute Gasteiger partial charge is 0.493 e. The van der Waals surface area contributed by atoms with Crippen molar-refractivity contribution >= 4 is 5.97 Å². The van der Waals surface area contributed by atoms with E-state index in [0.717, 1.165) is 12.8 Å². The maximum absolute atomic E-state index is 11.4. The molecule has 18 heavy (non-hydrogen) atoms. The molecule has 0 fully saturated rings. The highest BCUT2D eigenvalue weighted by Crippen LogP contribution is 2.14. The molecule has 1 N–H and O–H groups in total. The molecule has 0 aromatic carbocycles. The van der Waals surface area contributed by atoms with Crippen molar-refractivity contribution in [3.63, 3.8) is 0 Å². The zero-order valence-corrected chi connectivity index (χ0v) is 10.7. The highest BCUT2D eigenvalue weighted by molar-refractivity contribution is 5.91. The molecule has 0 aliphatic carbocycles. The Hall–Kier alpha value is -1.69. The van der Waals surface area contributed by atoms with Crippen molar-refractivity contribution in [3.8, 4) is 5.88 Å². The van der Waals surface area contributed by atoms with Crippen LogP contribution in [0.15, 0.2) is 6.20 Å². The van der Waals surface area contributed by atoms with Crippen LogP contribution < -0.4 is 0 Å². The van der Waals surface area contributed by atoms with Crippen LogP contribution in [0, 0.1) is 0 Å². The fourth-order valence-electron chi connectivity index (χ4n) is 1.24. The van der Waals surface area contributed by atoms with E-state index in [0.29, 0.717) is 12.4 Å².